The van der Waals surface area contributed by atoms with Gasteiger partial charge in [0.25, 0.3) is 0 Å². The fourth-order valence-electron chi connectivity index (χ4n) is 3.08. The van der Waals surface area contributed by atoms with Crippen LogP contribution in [0.3, 0.4) is 0 Å². The number of hydrogen-bond acceptors (Lipinski definition) is 6. The maximum absolute atomic E-state index is 9.10. The summed E-state index contributed by atoms with van der Waals surface area (Å²) in [6.07, 6.45) is 2.64. The number of nitrogens with zero attached hydrogens (tertiary/aromatic N) is 4. The quantitative estimate of drug-likeness (QED) is 0.748. The van der Waals surface area contributed by atoms with E-state index in [2.05, 4.69) is 32.3 Å². The van der Waals surface area contributed by atoms with Gasteiger partial charge in [0.2, 0.25) is 5.95 Å². The fourth-order valence-corrected chi connectivity index (χ4v) is 3.08. The summed E-state index contributed by atoms with van der Waals surface area (Å²) in [6.45, 7) is 1.30. The molecule has 0 saturated carbocycles. The number of pyridine rings is 1. The maximum Gasteiger partial charge on any atom is 0.225 e. The van der Waals surface area contributed by atoms with Gasteiger partial charge < -0.3 is 15.3 Å². The maximum atomic E-state index is 9.10. The summed E-state index contributed by atoms with van der Waals surface area (Å²) >= 11 is 0. The molecule has 126 valence electrons. The number of hydrogen-bond donors (Lipinski definition) is 2. The zero-order chi connectivity index (χ0) is 17.1. The van der Waals surface area contributed by atoms with Gasteiger partial charge in [0.1, 0.15) is 5.82 Å². The van der Waals surface area contributed by atoms with Crippen LogP contribution in [0.2, 0.25) is 0 Å². The van der Waals surface area contributed by atoms with E-state index < -0.39 is 0 Å². The number of rotatable bonds is 5. The Morgan fingerprint density at radius 3 is 2.64 bits per heavy atom. The van der Waals surface area contributed by atoms with Crippen molar-refractivity contribution in [3.63, 3.8) is 0 Å². The predicted molar refractivity (Wildman–Crippen MR) is 98.0 cm³/mol. The molecule has 3 heterocycles. The lowest BCUT2D eigenvalue weighted by Gasteiger charge is -2.19. The number of anilines is 3. The van der Waals surface area contributed by atoms with Crippen LogP contribution < -0.4 is 10.2 Å². The van der Waals surface area contributed by atoms with Crippen LogP contribution in [-0.2, 0) is 6.42 Å². The first-order chi connectivity index (χ1) is 12.4. The second-order valence-electron chi connectivity index (χ2n) is 5.80. The van der Waals surface area contributed by atoms with Gasteiger partial charge >= 0.3 is 0 Å². The summed E-state index contributed by atoms with van der Waals surface area (Å²) in [6, 6.07) is 16.0. The number of benzene rings is 1. The largest absolute Gasteiger partial charge is 0.395 e. The molecular weight excluding hydrogens is 314 g/mol. The van der Waals surface area contributed by atoms with Crippen LogP contribution in [-0.4, -0.2) is 39.8 Å². The Morgan fingerprint density at radius 1 is 1.04 bits per heavy atom. The summed E-state index contributed by atoms with van der Waals surface area (Å²) in [5.41, 5.74) is 3.91. The third-order valence-electron chi connectivity index (χ3n) is 4.20. The molecule has 1 aromatic carbocycles. The van der Waals surface area contributed by atoms with E-state index in [-0.39, 0.29) is 6.61 Å². The molecule has 0 aliphatic carbocycles. The lowest BCUT2D eigenvalue weighted by atomic mass is 10.1. The van der Waals surface area contributed by atoms with Crippen molar-refractivity contribution in [2.45, 2.75) is 6.42 Å². The van der Waals surface area contributed by atoms with E-state index in [0.29, 0.717) is 12.5 Å². The van der Waals surface area contributed by atoms with E-state index in [9.17, 15) is 0 Å². The zero-order valence-corrected chi connectivity index (χ0v) is 13.8. The van der Waals surface area contributed by atoms with Crippen LogP contribution in [0.5, 0.6) is 0 Å². The average Bonchev–Trinajstić information content (AvgIpc) is 3.11. The Kier molecular flexibility index (Phi) is 4.26. The zero-order valence-electron chi connectivity index (χ0n) is 13.8. The molecule has 3 aromatic rings. The van der Waals surface area contributed by atoms with E-state index in [1.165, 1.54) is 0 Å². The molecule has 1 aliphatic heterocycles. The average molecular weight is 333 g/mol. The third-order valence-corrected chi connectivity index (χ3v) is 4.20. The Bertz CT molecular complexity index is 854. The molecule has 0 spiro atoms. The van der Waals surface area contributed by atoms with Crippen LogP contribution in [0.1, 0.15) is 5.56 Å². The van der Waals surface area contributed by atoms with E-state index in [4.69, 9.17) is 10.1 Å². The number of para-hydroxylation sites is 1. The first-order valence-electron chi connectivity index (χ1n) is 8.36. The van der Waals surface area contributed by atoms with Crippen LogP contribution in [0, 0.1) is 0 Å². The number of aliphatic hydroxyl groups excluding tert-OH is 1. The van der Waals surface area contributed by atoms with Gasteiger partial charge in [0.15, 0.2) is 0 Å². The predicted octanol–water partition coefficient (Wildman–Crippen LogP) is 2.64. The molecule has 0 bridgehead atoms. The Morgan fingerprint density at radius 2 is 1.88 bits per heavy atom. The van der Waals surface area contributed by atoms with Gasteiger partial charge in [-0.3, -0.25) is 4.98 Å². The van der Waals surface area contributed by atoms with Crippen molar-refractivity contribution in [1.82, 2.24) is 15.0 Å². The number of aromatic nitrogens is 3. The summed E-state index contributed by atoms with van der Waals surface area (Å²) in [5.74, 6) is 1.42. The van der Waals surface area contributed by atoms with Crippen LogP contribution in [0.15, 0.2) is 54.7 Å². The first kappa shape index (κ1) is 15.5. The van der Waals surface area contributed by atoms with Gasteiger partial charge in [0.05, 0.1) is 18.0 Å². The van der Waals surface area contributed by atoms with Gasteiger partial charge in [0, 0.05) is 30.5 Å². The lowest BCUT2D eigenvalue weighted by Crippen LogP contribution is -2.16. The summed E-state index contributed by atoms with van der Waals surface area (Å²) in [7, 11) is 0. The minimum absolute atomic E-state index is 0.0295. The second kappa shape index (κ2) is 6.86. The van der Waals surface area contributed by atoms with Crippen LogP contribution in [0.25, 0.3) is 11.4 Å². The van der Waals surface area contributed by atoms with Crippen molar-refractivity contribution in [3.05, 3.63) is 60.3 Å². The van der Waals surface area contributed by atoms with Crippen molar-refractivity contribution < 1.29 is 5.11 Å². The molecule has 0 fully saturated rings. The smallest absolute Gasteiger partial charge is 0.225 e. The fraction of sp³-hybridized carbons (Fsp3) is 0.211. The normalized spacial score (nSPS) is 12.9. The van der Waals surface area contributed by atoms with Gasteiger partial charge in [-0.1, -0.05) is 24.3 Å². The van der Waals surface area contributed by atoms with E-state index in [0.717, 1.165) is 41.4 Å². The Hall–Kier alpha value is -2.99. The molecule has 0 amide bonds. The molecule has 0 saturated heterocycles. The standard InChI is InChI=1S/C19H19N5O/c25-13-11-21-19-22-17(16-8-4-5-10-20-16)15-9-12-24(18(15)23-19)14-6-2-1-3-7-14/h1-8,10,25H,9,11-13H2,(H,21,22,23). The highest BCUT2D eigenvalue weighted by atomic mass is 16.3. The van der Waals surface area contributed by atoms with Gasteiger partial charge in [-0.25, -0.2) is 4.98 Å². The second-order valence-corrected chi connectivity index (χ2v) is 5.80. The minimum Gasteiger partial charge on any atom is -0.395 e. The topological polar surface area (TPSA) is 74.2 Å². The monoisotopic (exact) mass is 333 g/mol. The van der Waals surface area contributed by atoms with Crippen LogP contribution in [0.4, 0.5) is 17.5 Å². The van der Waals surface area contributed by atoms with E-state index in [1.54, 1.807) is 6.20 Å². The van der Waals surface area contributed by atoms with Crippen molar-refractivity contribution >= 4 is 17.5 Å². The third kappa shape index (κ3) is 3.04. The molecule has 0 atom stereocenters. The van der Waals surface area contributed by atoms with Crippen molar-refractivity contribution in [3.8, 4) is 11.4 Å². The summed E-state index contributed by atoms with van der Waals surface area (Å²) < 4.78 is 0. The number of aliphatic hydroxyl groups is 1. The SMILES string of the molecule is OCCNc1nc(-c2ccccn2)c2c(n1)N(c1ccccc1)CC2. The number of nitrogens with one attached hydrogen (secondary N) is 1. The Labute approximate surface area is 146 Å². The van der Waals surface area contributed by atoms with Crippen LogP contribution >= 0.6 is 0 Å². The van der Waals surface area contributed by atoms with Gasteiger partial charge in [-0.15, -0.1) is 0 Å². The highest BCUT2D eigenvalue weighted by Crippen LogP contribution is 2.37. The highest BCUT2D eigenvalue weighted by molar-refractivity contribution is 5.75. The van der Waals surface area contributed by atoms with E-state index >= 15 is 0 Å². The summed E-state index contributed by atoms with van der Waals surface area (Å²) in [5, 5.41) is 12.2. The molecule has 6 nitrogen and oxygen atoms in total. The molecule has 0 unspecified atom stereocenters. The molecular formula is C19H19N5O. The minimum atomic E-state index is 0.0295. The van der Waals surface area contributed by atoms with Crippen molar-refractivity contribution in [1.29, 1.82) is 0 Å². The van der Waals surface area contributed by atoms with Gasteiger partial charge in [-0.05, 0) is 30.7 Å². The molecule has 6 heteroatoms. The van der Waals surface area contributed by atoms with Gasteiger partial charge in [-0.2, -0.15) is 4.98 Å². The number of fused-ring (bicyclic) bond motifs is 1. The lowest BCUT2D eigenvalue weighted by molar-refractivity contribution is 0.311. The molecule has 25 heavy (non-hydrogen) atoms. The molecule has 2 aromatic heterocycles. The molecule has 0 radical (unpaired) electrons. The molecule has 4 rings (SSSR count). The highest BCUT2D eigenvalue weighted by Gasteiger charge is 2.27. The van der Waals surface area contributed by atoms with Crippen molar-refractivity contribution in [2.24, 2.45) is 0 Å². The van der Waals surface area contributed by atoms with E-state index in [1.807, 2.05) is 36.4 Å². The summed E-state index contributed by atoms with van der Waals surface area (Å²) in [4.78, 5) is 16.0. The molecule has 2 N–H and O–H groups in total. The first-order valence-corrected chi connectivity index (χ1v) is 8.36. The van der Waals surface area contributed by atoms with Crippen molar-refractivity contribution in [2.75, 3.05) is 29.9 Å². The Balaban J connectivity index is 1.82. The molecule has 1 aliphatic rings.